The number of ether oxygens (including phenoxy) is 1. The lowest BCUT2D eigenvalue weighted by atomic mass is 9.93. The van der Waals surface area contributed by atoms with E-state index in [4.69, 9.17) is 9.57 Å². The average molecular weight is 358 g/mol. The average Bonchev–Trinajstić information content (AvgIpc) is 3.08. The molecule has 26 heavy (non-hydrogen) atoms. The molecule has 4 nitrogen and oxygen atoms in total. The maximum atomic E-state index is 14.0. The number of hydrogen-bond donors (Lipinski definition) is 1. The second kappa shape index (κ2) is 7.64. The second-order valence-corrected chi connectivity index (χ2v) is 7.34. The van der Waals surface area contributed by atoms with Crippen molar-refractivity contribution < 1.29 is 14.0 Å². The van der Waals surface area contributed by atoms with Crippen molar-refractivity contribution in [3.05, 3.63) is 58.9 Å². The third kappa shape index (κ3) is 3.84. The van der Waals surface area contributed by atoms with Gasteiger partial charge >= 0.3 is 0 Å². The molecule has 5 heteroatoms. The monoisotopic (exact) mass is 358 g/mol. The first-order chi connectivity index (χ1) is 12.4. The number of hydrogen-bond acceptors (Lipinski definition) is 4. The summed E-state index contributed by atoms with van der Waals surface area (Å²) in [4.78, 5) is 7.70. The molecule has 1 aliphatic rings. The molecule has 0 aromatic heterocycles. The van der Waals surface area contributed by atoms with Gasteiger partial charge in [-0.3, -0.25) is 4.90 Å². The summed E-state index contributed by atoms with van der Waals surface area (Å²) in [5, 5.41) is 0. The minimum atomic E-state index is -0.0920. The Labute approximate surface area is 154 Å². The van der Waals surface area contributed by atoms with E-state index < -0.39 is 0 Å². The molecule has 0 aliphatic carbocycles. The van der Waals surface area contributed by atoms with Crippen LogP contribution in [-0.4, -0.2) is 24.6 Å². The molecule has 140 valence electrons. The fraction of sp³-hybridized carbons (Fsp3) is 0.429. The highest BCUT2D eigenvalue weighted by molar-refractivity contribution is 5.43. The van der Waals surface area contributed by atoms with E-state index in [2.05, 4.69) is 30.3 Å². The Morgan fingerprint density at radius 2 is 1.96 bits per heavy atom. The third-order valence-corrected chi connectivity index (χ3v) is 5.25. The lowest BCUT2D eigenvalue weighted by molar-refractivity contribution is 0.109. The quantitative estimate of drug-likeness (QED) is 0.757. The summed E-state index contributed by atoms with van der Waals surface area (Å²) in [6, 6.07) is 11.4. The molecular formula is C21H27FN2O2. The highest BCUT2D eigenvalue weighted by atomic mass is 19.1. The molecule has 0 amide bonds. The molecule has 0 atom stereocenters. The van der Waals surface area contributed by atoms with Gasteiger partial charge in [0.2, 0.25) is 0 Å². The van der Waals surface area contributed by atoms with E-state index >= 15 is 0 Å². The molecule has 0 radical (unpaired) electrons. The number of aryl methyl sites for hydroxylation is 1. The first kappa shape index (κ1) is 18.7. The third-order valence-electron chi connectivity index (χ3n) is 5.25. The van der Waals surface area contributed by atoms with Crippen LogP contribution in [0.5, 0.6) is 11.5 Å². The standard InChI is InChI=1S/C21H27FN2O2/c1-21(2,24-13-16-6-5-7-18(22)17(16)14-24)11-10-15-8-9-19(26-23-3)20(12-15)25-4/h5-9,12,23H,10-11,13-14H2,1-4H3. The number of methoxy groups -OCH3 is 1. The number of halogens is 1. The molecule has 1 heterocycles. The van der Waals surface area contributed by atoms with Gasteiger partial charge in [0, 0.05) is 31.2 Å². The molecule has 1 aliphatic heterocycles. The molecule has 3 rings (SSSR count). The molecule has 0 unspecified atom stereocenters. The van der Waals surface area contributed by atoms with Gasteiger partial charge in [-0.2, -0.15) is 5.48 Å². The minimum absolute atomic E-state index is 0.0289. The molecule has 1 N–H and O–H groups in total. The van der Waals surface area contributed by atoms with Gasteiger partial charge in [0.15, 0.2) is 11.5 Å². The van der Waals surface area contributed by atoms with E-state index in [0.29, 0.717) is 18.0 Å². The zero-order chi connectivity index (χ0) is 18.7. The van der Waals surface area contributed by atoms with Crippen molar-refractivity contribution in [2.24, 2.45) is 0 Å². The zero-order valence-electron chi connectivity index (χ0n) is 15.9. The molecule has 0 bridgehead atoms. The first-order valence-electron chi connectivity index (χ1n) is 8.96. The summed E-state index contributed by atoms with van der Waals surface area (Å²) in [7, 11) is 3.36. The lowest BCUT2D eigenvalue weighted by Crippen LogP contribution is -2.40. The van der Waals surface area contributed by atoms with Crippen LogP contribution < -0.4 is 15.1 Å². The maximum Gasteiger partial charge on any atom is 0.188 e. The van der Waals surface area contributed by atoms with E-state index in [1.165, 1.54) is 5.56 Å². The molecule has 0 fully saturated rings. The summed E-state index contributed by atoms with van der Waals surface area (Å²) in [6.45, 7) is 5.94. The molecule has 0 spiro atoms. The van der Waals surface area contributed by atoms with Gasteiger partial charge in [-0.25, -0.2) is 4.39 Å². The van der Waals surface area contributed by atoms with Gasteiger partial charge in [-0.1, -0.05) is 18.2 Å². The number of nitrogens with zero attached hydrogens (tertiary/aromatic N) is 1. The SMILES string of the molecule is CNOc1ccc(CCC(C)(C)N2Cc3cccc(F)c3C2)cc1OC. The number of nitrogens with one attached hydrogen (secondary N) is 1. The lowest BCUT2D eigenvalue weighted by Gasteiger charge is -2.35. The van der Waals surface area contributed by atoms with Gasteiger partial charge in [0.05, 0.1) is 7.11 Å². The van der Waals surface area contributed by atoms with Crippen molar-refractivity contribution in [3.63, 3.8) is 0 Å². The fourth-order valence-corrected chi connectivity index (χ4v) is 3.48. The summed E-state index contributed by atoms with van der Waals surface area (Å²) >= 11 is 0. The van der Waals surface area contributed by atoms with Crippen LogP contribution in [0.3, 0.4) is 0 Å². The Balaban J connectivity index is 1.67. The van der Waals surface area contributed by atoms with Crippen molar-refractivity contribution in [2.45, 2.75) is 45.3 Å². The van der Waals surface area contributed by atoms with Crippen molar-refractivity contribution in [2.75, 3.05) is 14.2 Å². The normalized spacial score (nSPS) is 14.3. The molecule has 0 saturated carbocycles. The van der Waals surface area contributed by atoms with Gasteiger partial charge in [-0.15, -0.1) is 0 Å². The predicted molar refractivity (Wildman–Crippen MR) is 101 cm³/mol. The highest BCUT2D eigenvalue weighted by Crippen LogP contribution is 2.34. The number of rotatable bonds is 7. The summed E-state index contributed by atoms with van der Waals surface area (Å²) in [5.41, 5.74) is 5.78. The number of benzene rings is 2. The first-order valence-corrected chi connectivity index (χ1v) is 8.96. The van der Waals surface area contributed by atoms with Crippen LogP contribution >= 0.6 is 0 Å². The van der Waals surface area contributed by atoms with Crippen molar-refractivity contribution in [1.29, 1.82) is 0 Å². The molecule has 2 aromatic carbocycles. The Kier molecular flexibility index (Phi) is 5.49. The van der Waals surface area contributed by atoms with Crippen LogP contribution in [0, 0.1) is 5.82 Å². The van der Waals surface area contributed by atoms with Gasteiger partial charge in [-0.05, 0) is 56.0 Å². The summed E-state index contributed by atoms with van der Waals surface area (Å²) < 4.78 is 19.4. The maximum absolute atomic E-state index is 14.0. The second-order valence-electron chi connectivity index (χ2n) is 7.34. The summed E-state index contributed by atoms with van der Waals surface area (Å²) in [6.07, 6.45) is 1.89. The molecule has 0 saturated heterocycles. The van der Waals surface area contributed by atoms with Crippen LogP contribution in [0.1, 0.15) is 37.0 Å². The Bertz CT molecular complexity index is 777. The van der Waals surface area contributed by atoms with Crippen LogP contribution in [0.2, 0.25) is 0 Å². The van der Waals surface area contributed by atoms with Crippen LogP contribution in [0.25, 0.3) is 0 Å². The van der Waals surface area contributed by atoms with E-state index in [-0.39, 0.29) is 11.4 Å². The Hall–Kier alpha value is -2.11. The van der Waals surface area contributed by atoms with Crippen molar-refractivity contribution in [3.8, 4) is 11.5 Å². The zero-order valence-corrected chi connectivity index (χ0v) is 15.9. The smallest absolute Gasteiger partial charge is 0.188 e. The van der Waals surface area contributed by atoms with E-state index in [1.807, 2.05) is 18.2 Å². The molecule has 2 aromatic rings. The van der Waals surface area contributed by atoms with E-state index in [9.17, 15) is 4.39 Å². The van der Waals surface area contributed by atoms with Crippen LogP contribution in [0.15, 0.2) is 36.4 Å². The predicted octanol–water partition coefficient (Wildman–Crippen LogP) is 4.07. The van der Waals surface area contributed by atoms with Crippen molar-refractivity contribution in [1.82, 2.24) is 10.4 Å². The van der Waals surface area contributed by atoms with Gasteiger partial charge < -0.3 is 9.57 Å². The topological polar surface area (TPSA) is 33.7 Å². The van der Waals surface area contributed by atoms with Crippen LogP contribution in [-0.2, 0) is 19.5 Å². The number of fused-ring (bicyclic) bond motifs is 1. The highest BCUT2D eigenvalue weighted by Gasteiger charge is 2.32. The van der Waals surface area contributed by atoms with Crippen LogP contribution in [0.4, 0.5) is 4.39 Å². The van der Waals surface area contributed by atoms with Gasteiger partial charge in [0.25, 0.3) is 0 Å². The largest absolute Gasteiger partial charge is 0.493 e. The fourth-order valence-electron chi connectivity index (χ4n) is 3.48. The minimum Gasteiger partial charge on any atom is -0.493 e. The Morgan fingerprint density at radius 1 is 1.15 bits per heavy atom. The summed E-state index contributed by atoms with van der Waals surface area (Å²) in [5.74, 6) is 1.29. The Morgan fingerprint density at radius 3 is 2.65 bits per heavy atom. The van der Waals surface area contributed by atoms with E-state index in [1.54, 1.807) is 26.3 Å². The van der Waals surface area contributed by atoms with E-state index in [0.717, 1.165) is 30.5 Å². The molecular weight excluding hydrogens is 331 g/mol. The van der Waals surface area contributed by atoms with Gasteiger partial charge in [0.1, 0.15) is 5.82 Å². The van der Waals surface area contributed by atoms with Crippen molar-refractivity contribution >= 4 is 0 Å². The number of hydroxylamine groups is 1.